The van der Waals surface area contributed by atoms with Crippen LogP contribution >= 0.6 is 22.9 Å². The molecule has 0 spiro atoms. The van der Waals surface area contributed by atoms with Gasteiger partial charge in [0.25, 0.3) is 0 Å². The van der Waals surface area contributed by atoms with Crippen molar-refractivity contribution in [3.63, 3.8) is 0 Å². The van der Waals surface area contributed by atoms with E-state index in [9.17, 15) is 0 Å². The molecule has 0 bridgehead atoms. The molecule has 0 radical (unpaired) electrons. The molecule has 0 atom stereocenters. The van der Waals surface area contributed by atoms with E-state index < -0.39 is 10.5 Å². The topological polar surface area (TPSA) is 87.0 Å². The van der Waals surface area contributed by atoms with Gasteiger partial charge in [-0.25, -0.2) is 0 Å². The Balaban J connectivity index is 4.14. The molecule has 0 saturated carbocycles. The van der Waals surface area contributed by atoms with Gasteiger partial charge in [-0.15, -0.1) is 11.7 Å². The molecule has 0 unspecified atom stereocenters. The van der Waals surface area contributed by atoms with Crippen LogP contribution in [0.2, 0.25) is 0 Å². The number of quaternary nitrogens is 1. The van der Waals surface area contributed by atoms with Crippen LogP contribution in [-0.4, -0.2) is 15.6 Å². The van der Waals surface area contributed by atoms with E-state index in [-0.39, 0.29) is 0 Å². The van der Waals surface area contributed by atoms with Crippen molar-refractivity contribution in [2.24, 2.45) is 11.7 Å². The number of nitrogens with one attached hydrogen (secondary N) is 1. The molecule has 0 heterocycles. The molecular weight excluding hydrogens is 235 g/mol. The molecule has 7 N–H and O–H groups in total. The minimum Gasteiger partial charge on any atom is -0.393 e. The normalized spacial score (nSPS) is 14.0. The minimum atomic E-state index is -0.929. The molecule has 56 valence electrons. The Morgan fingerprint density at radius 3 is 1.89 bits per heavy atom. The summed E-state index contributed by atoms with van der Waals surface area (Å²) < 4.78 is 2.56. The highest BCUT2D eigenvalue weighted by Gasteiger charge is 2.42. The van der Waals surface area contributed by atoms with Gasteiger partial charge < -0.3 is 5.11 Å². The van der Waals surface area contributed by atoms with Crippen LogP contribution in [-0.2, 0) is 0 Å². The fourth-order valence-corrected chi connectivity index (χ4v) is 0.709. The van der Waals surface area contributed by atoms with E-state index in [0.717, 1.165) is 0 Å². The summed E-state index contributed by atoms with van der Waals surface area (Å²) in [6.45, 7) is 3.25. The van der Waals surface area contributed by atoms with Crippen LogP contribution in [0.1, 0.15) is 13.8 Å². The molecule has 9 heavy (non-hydrogen) atoms. The zero-order valence-corrected chi connectivity index (χ0v) is 7.64. The molecular formula is C3H13IN4O+2. The Kier molecular flexibility index (Phi) is 2.80. The lowest BCUT2D eigenvalue weighted by Crippen LogP contribution is -2.75. The maximum atomic E-state index is 7.39. The number of nitrogens with two attached hydrogens (primary N) is 2. The van der Waals surface area contributed by atoms with Crippen molar-refractivity contribution in [1.82, 2.24) is 3.64 Å². The van der Waals surface area contributed by atoms with Crippen LogP contribution in [0.25, 0.3) is 0 Å². The molecule has 6 heteroatoms. The molecule has 0 rings (SSSR count). The third-order valence-electron chi connectivity index (χ3n) is 1.06. The highest BCUT2D eigenvalue weighted by molar-refractivity contribution is 14.1. The van der Waals surface area contributed by atoms with E-state index >= 15 is 0 Å². The molecule has 0 amide bonds. The monoisotopic (exact) mass is 248 g/mol. The maximum absolute atomic E-state index is 7.39. The molecule has 0 aliphatic rings. The lowest BCUT2D eigenvalue weighted by Gasteiger charge is -2.29. The van der Waals surface area contributed by atoms with Crippen molar-refractivity contribution in [3.8, 4) is 0 Å². The summed E-state index contributed by atoms with van der Waals surface area (Å²) in [4.78, 5) is -0.506. The highest BCUT2D eigenvalue weighted by Crippen LogP contribution is 2.07. The first-order valence-corrected chi connectivity index (χ1v) is 3.48. The van der Waals surface area contributed by atoms with Crippen LogP contribution in [0.15, 0.2) is 0 Å². The number of halogens is 1. The van der Waals surface area contributed by atoms with Crippen molar-refractivity contribution in [3.05, 3.63) is 0 Å². The maximum Gasteiger partial charge on any atom is 0.341 e. The quantitative estimate of drug-likeness (QED) is 0.110. The van der Waals surface area contributed by atoms with Crippen molar-refractivity contribution < 1.29 is 9.92 Å². The van der Waals surface area contributed by atoms with Crippen molar-refractivity contribution >= 4 is 22.9 Å². The Hall–Kier alpha value is 0.530. The van der Waals surface area contributed by atoms with Gasteiger partial charge in [0.15, 0.2) is 0 Å². The van der Waals surface area contributed by atoms with Gasteiger partial charge in [0.2, 0.25) is 0 Å². The van der Waals surface area contributed by atoms with Gasteiger partial charge in [0.1, 0.15) is 0 Å². The lowest BCUT2D eigenvalue weighted by atomic mass is 10.3. The first-order chi connectivity index (χ1) is 3.81. The van der Waals surface area contributed by atoms with Crippen molar-refractivity contribution in [1.29, 1.82) is 0 Å². The fourth-order valence-electron chi connectivity index (χ4n) is 0.106. The summed E-state index contributed by atoms with van der Waals surface area (Å²) in [7, 11) is 0. The van der Waals surface area contributed by atoms with E-state index in [1.165, 1.54) is 0 Å². The Labute approximate surface area is 68.0 Å². The molecule has 0 aromatic heterocycles. The van der Waals surface area contributed by atoms with Crippen molar-refractivity contribution in [2.45, 2.75) is 19.6 Å². The van der Waals surface area contributed by atoms with Crippen LogP contribution in [0.4, 0.5) is 0 Å². The molecule has 0 aliphatic heterocycles. The Morgan fingerprint density at radius 2 is 1.89 bits per heavy atom. The lowest BCUT2D eigenvalue weighted by molar-refractivity contribution is -1.04. The van der Waals surface area contributed by atoms with Crippen LogP contribution < -0.4 is 15.3 Å². The average Bonchev–Trinajstić information content (AvgIpc) is 1.64. The molecule has 0 aromatic rings. The second-order valence-corrected chi connectivity index (χ2v) is 2.90. The summed E-state index contributed by atoms with van der Waals surface area (Å²) in [5, 5.41) is 7.39. The highest BCUT2D eigenvalue weighted by atomic mass is 127. The van der Waals surface area contributed by atoms with Gasteiger partial charge in [0.05, 0.1) is 36.7 Å². The van der Waals surface area contributed by atoms with Crippen LogP contribution in [0.3, 0.4) is 0 Å². The van der Waals surface area contributed by atoms with Crippen LogP contribution in [0, 0.1) is 0 Å². The number of rotatable bonds is 2. The number of nitrogens with zero attached hydrogens (tertiary/aromatic N) is 1. The van der Waals surface area contributed by atoms with E-state index in [2.05, 4.69) is 3.64 Å². The summed E-state index contributed by atoms with van der Waals surface area (Å²) in [5.74, 6) is 10.8. The standard InChI is InChI=1S/C3H12IN4O/c1-3(2,9)8(5,6)7-4/h7,9H,5-6H2,1-2H3/q+1/p+1. The summed E-state index contributed by atoms with van der Waals surface area (Å²) in [6, 6.07) is 0. The zero-order valence-electron chi connectivity index (χ0n) is 5.48. The van der Waals surface area contributed by atoms with E-state index in [1.54, 1.807) is 13.8 Å². The predicted octanol–water partition coefficient (Wildman–Crippen LogP) is -1.13. The first kappa shape index (κ1) is 9.53. The molecule has 5 nitrogen and oxygen atoms in total. The van der Waals surface area contributed by atoms with Gasteiger partial charge in [-0.2, -0.15) is 0 Å². The van der Waals surface area contributed by atoms with Gasteiger partial charge in [-0.05, 0) is 4.81 Å². The molecule has 0 aliphatic carbocycles. The summed E-state index contributed by atoms with van der Waals surface area (Å²) in [5.41, 5.74) is -0.929. The molecule has 0 aromatic carbocycles. The van der Waals surface area contributed by atoms with Crippen LogP contribution in [0.5, 0.6) is 0 Å². The molecule has 0 fully saturated rings. The second kappa shape index (κ2) is 2.64. The van der Waals surface area contributed by atoms with Gasteiger partial charge in [0, 0.05) is 0 Å². The van der Waals surface area contributed by atoms with E-state index in [1.807, 2.05) is 22.9 Å². The zero-order chi connectivity index (χ0) is 7.71. The van der Waals surface area contributed by atoms with Crippen molar-refractivity contribution in [2.75, 3.05) is 0 Å². The molecule has 0 saturated heterocycles. The summed E-state index contributed by atoms with van der Waals surface area (Å²) >= 11 is 1.81. The smallest absolute Gasteiger partial charge is 0.341 e. The second-order valence-electron chi connectivity index (χ2n) is 2.42. The first-order valence-electron chi connectivity index (χ1n) is 2.40. The minimum absolute atomic E-state index is 0.506. The van der Waals surface area contributed by atoms with E-state index in [0.29, 0.717) is 0 Å². The largest absolute Gasteiger partial charge is 0.393 e. The SMILES string of the molecule is CC(C)([OH2+])[N+](N)(N)NI. The predicted molar refractivity (Wildman–Crippen MR) is 43.5 cm³/mol. The Morgan fingerprint density at radius 1 is 1.56 bits per heavy atom. The summed E-state index contributed by atoms with van der Waals surface area (Å²) in [6.07, 6.45) is 0. The fraction of sp³-hybridized carbons (Fsp3) is 1.00. The van der Waals surface area contributed by atoms with Gasteiger partial charge >= 0.3 is 5.72 Å². The number of hydrogen-bond acceptors (Lipinski definition) is 3. The third kappa shape index (κ3) is 2.32. The van der Waals surface area contributed by atoms with Gasteiger partial charge in [-0.1, -0.05) is 3.64 Å². The van der Waals surface area contributed by atoms with Gasteiger partial charge in [-0.3, -0.25) is 0 Å². The van der Waals surface area contributed by atoms with E-state index in [4.69, 9.17) is 16.8 Å². The third-order valence-corrected chi connectivity index (χ3v) is 1.86. The number of hydrogen-bond donors (Lipinski definition) is 3. The average molecular weight is 248 g/mol. The Bertz CT molecular complexity index is 98.5.